The fourth-order valence-corrected chi connectivity index (χ4v) is 2.79. The van der Waals surface area contributed by atoms with Crippen LogP contribution >= 0.6 is 54.8 Å². The summed E-state index contributed by atoms with van der Waals surface area (Å²) in [5.41, 5.74) is 0. The van der Waals surface area contributed by atoms with Gasteiger partial charge in [0.2, 0.25) is 0 Å². The maximum Gasteiger partial charge on any atom is 0.153 e. The van der Waals surface area contributed by atoms with Crippen LogP contribution in [-0.2, 0) is 5.88 Å². The standard InChI is InChI=1S/C5H2Br2ClFS/c6-3-4(9)2(1-8)10-5(3)7/h1H2. The number of rotatable bonds is 1. The lowest BCUT2D eigenvalue weighted by molar-refractivity contribution is 0.617. The lowest BCUT2D eigenvalue weighted by Crippen LogP contribution is -1.74. The highest BCUT2D eigenvalue weighted by atomic mass is 79.9. The van der Waals surface area contributed by atoms with Gasteiger partial charge in [-0.25, -0.2) is 4.39 Å². The molecule has 0 aliphatic heterocycles. The lowest BCUT2D eigenvalue weighted by Gasteiger charge is -1.84. The minimum absolute atomic E-state index is 0.223. The van der Waals surface area contributed by atoms with Crippen LogP contribution < -0.4 is 0 Å². The Morgan fingerprint density at radius 1 is 1.50 bits per heavy atom. The number of hydrogen-bond donors (Lipinski definition) is 0. The van der Waals surface area contributed by atoms with E-state index < -0.39 is 0 Å². The second kappa shape index (κ2) is 3.52. The first kappa shape index (κ1) is 8.97. The van der Waals surface area contributed by atoms with Crippen molar-refractivity contribution in [1.29, 1.82) is 0 Å². The van der Waals surface area contributed by atoms with Crippen LogP contribution in [0, 0.1) is 5.82 Å². The third-order valence-corrected chi connectivity index (χ3v) is 4.74. The summed E-state index contributed by atoms with van der Waals surface area (Å²) in [6.45, 7) is 0. The van der Waals surface area contributed by atoms with Crippen molar-refractivity contribution in [2.45, 2.75) is 5.88 Å². The number of thiophene rings is 1. The van der Waals surface area contributed by atoms with Gasteiger partial charge in [-0.1, -0.05) is 0 Å². The topological polar surface area (TPSA) is 0 Å². The van der Waals surface area contributed by atoms with Gasteiger partial charge in [-0.05, 0) is 31.9 Å². The van der Waals surface area contributed by atoms with Gasteiger partial charge >= 0.3 is 0 Å². The Balaban J connectivity index is 3.17. The Kier molecular flexibility index (Phi) is 3.16. The summed E-state index contributed by atoms with van der Waals surface area (Å²) in [6, 6.07) is 0. The minimum Gasteiger partial charge on any atom is -0.204 e. The Morgan fingerprint density at radius 3 is 2.30 bits per heavy atom. The van der Waals surface area contributed by atoms with Crippen LogP contribution in [0.25, 0.3) is 0 Å². The molecule has 0 saturated carbocycles. The summed E-state index contributed by atoms with van der Waals surface area (Å²) in [6.07, 6.45) is 0. The van der Waals surface area contributed by atoms with Crippen LogP contribution in [0.2, 0.25) is 0 Å². The zero-order chi connectivity index (χ0) is 7.72. The van der Waals surface area contributed by atoms with E-state index in [0.717, 1.165) is 3.79 Å². The normalized spacial score (nSPS) is 10.4. The van der Waals surface area contributed by atoms with Crippen LogP contribution in [-0.4, -0.2) is 0 Å². The van der Waals surface area contributed by atoms with E-state index in [4.69, 9.17) is 11.6 Å². The summed E-state index contributed by atoms with van der Waals surface area (Å²) in [5.74, 6) is -0.0346. The zero-order valence-electron chi connectivity index (χ0n) is 4.63. The average Bonchev–Trinajstić information content (AvgIpc) is 2.17. The molecule has 1 aromatic heterocycles. The van der Waals surface area contributed by atoms with E-state index in [1.165, 1.54) is 11.3 Å². The van der Waals surface area contributed by atoms with Gasteiger partial charge in [0.25, 0.3) is 0 Å². The second-order valence-corrected chi connectivity index (χ2v) is 5.04. The van der Waals surface area contributed by atoms with Gasteiger partial charge in [-0.2, -0.15) is 0 Å². The molecule has 1 rings (SSSR count). The smallest absolute Gasteiger partial charge is 0.153 e. The fraction of sp³-hybridized carbons (Fsp3) is 0.200. The van der Waals surface area contributed by atoms with Crippen molar-refractivity contribution in [3.8, 4) is 0 Å². The fourth-order valence-electron chi connectivity index (χ4n) is 0.492. The monoisotopic (exact) mass is 306 g/mol. The Morgan fingerprint density at radius 2 is 2.10 bits per heavy atom. The van der Waals surface area contributed by atoms with Crippen molar-refractivity contribution in [1.82, 2.24) is 0 Å². The molecule has 0 atom stereocenters. The van der Waals surface area contributed by atoms with Crippen LogP contribution in [0.3, 0.4) is 0 Å². The van der Waals surface area contributed by atoms with Crippen molar-refractivity contribution in [3.05, 3.63) is 19.0 Å². The third-order valence-electron chi connectivity index (χ3n) is 0.944. The molecule has 0 saturated heterocycles. The van der Waals surface area contributed by atoms with Crippen molar-refractivity contribution >= 4 is 54.8 Å². The molecule has 0 amide bonds. The van der Waals surface area contributed by atoms with E-state index in [0.29, 0.717) is 9.35 Å². The predicted molar refractivity (Wildman–Crippen MR) is 49.2 cm³/mol. The molecule has 5 heteroatoms. The minimum atomic E-state index is -0.258. The van der Waals surface area contributed by atoms with Crippen LogP contribution in [0.5, 0.6) is 0 Å². The molecule has 1 heterocycles. The molecule has 0 nitrogen and oxygen atoms in total. The summed E-state index contributed by atoms with van der Waals surface area (Å²) in [5, 5.41) is 0. The quantitative estimate of drug-likeness (QED) is 0.684. The Labute approximate surface area is 83.6 Å². The molecular weight excluding hydrogens is 306 g/mol. The number of halogens is 4. The van der Waals surface area contributed by atoms with Crippen molar-refractivity contribution < 1.29 is 4.39 Å². The van der Waals surface area contributed by atoms with Gasteiger partial charge in [-0.3, -0.25) is 0 Å². The third kappa shape index (κ3) is 1.55. The highest BCUT2D eigenvalue weighted by molar-refractivity contribution is 9.13. The van der Waals surface area contributed by atoms with E-state index in [-0.39, 0.29) is 11.7 Å². The molecule has 56 valence electrons. The van der Waals surface area contributed by atoms with E-state index in [1.807, 2.05) is 0 Å². The molecule has 0 aliphatic rings. The maximum absolute atomic E-state index is 12.9. The number of alkyl halides is 1. The molecule has 0 fully saturated rings. The van der Waals surface area contributed by atoms with E-state index in [9.17, 15) is 4.39 Å². The SMILES string of the molecule is Fc1c(CCl)sc(Br)c1Br. The van der Waals surface area contributed by atoms with Crippen molar-refractivity contribution in [2.24, 2.45) is 0 Å². The molecule has 0 unspecified atom stereocenters. The van der Waals surface area contributed by atoms with E-state index >= 15 is 0 Å². The van der Waals surface area contributed by atoms with Gasteiger partial charge < -0.3 is 0 Å². The van der Waals surface area contributed by atoms with Gasteiger partial charge in [0, 0.05) is 0 Å². The average molecular weight is 308 g/mol. The van der Waals surface area contributed by atoms with Crippen LogP contribution in [0.1, 0.15) is 4.88 Å². The second-order valence-electron chi connectivity index (χ2n) is 1.56. The van der Waals surface area contributed by atoms with Gasteiger partial charge in [0.05, 0.1) is 19.0 Å². The summed E-state index contributed by atoms with van der Waals surface area (Å²) >= 11 is 13.0. The first-order valence-electron chi connectivity index (χ1n) is 2.35. The molecule has 10 heavy (non-hydrogen) atoms. The van der Waals surface area contributed by atoms with Crippen LogP contribution in [0.4, 0.5) is 4.39 Å². The van der Waals surface area contributed by atoms with Crippen LogP contribution in [0.15, 0.2) is 8.26 Å². The largest absolute Gasteiger partial charge is 0.204 e. The Hall–Kier alpha value is 0.880. The molecule has 0 aliphatic carbocycles. The van der Waals surface area contributed by atoms with E-state index in [1.54, 1.807) is 0 Å². The Bertz CT molecular complexity index is 248. The molecule has 0 radical (unpaired) electrons. The van der Waals surface area contributed by atoms with Gasteiger partial charge in [-0.15, -0.1) is 22.9 Å². The first-order chi connectivity index (χ1) is 4.66. The van der Waals surface area contributed by atoms with E-state index in [2.05, 4.69) is 31.9 Å². The summed E-state index contributed by atoms with van der Waals surface area (Å²) in [4.78, 5) is 0.556. The van der Waals surface area contributed by atoms with Crippen molar-refractivity contribution in [3.63, 3.8) is 0 Å². The summed E-state index contributed by atoms with van der Waals surface area (Å²) < 4.78 is 14.1. The van der Waals surface area contributed by atoms with Gasteiger partial charge in [0.15, 0.2) is 5.82 Å². The molecule has 0 N–H and O–H groups in total. The molecule has 0 spiro atoms. The molecule has 1 aromatic rings. The summed E-state index contributed by atoms with van der Waals surface area (Å²) in [7, 11) is 0. The number of hydrogen-bond acceptors (Lipinski definition) is 1. The predicted octanol–water partition coefficient (Wildman–Crippen LogP) is 4.15. The van der Waals surface area contributed by atoms with Gasteiger partial charge in [0.1, 0.15) is 0 Å². The van der Waals surface area contributed by atoms with Crippen molar-refractivity contribution in [2.75, 3.05) is 0 Å². The molecule has 0 bridgehead atoms. The molecular formula is C5H2Br2ClFS. The highest BCUT2D eigenvalue weighted by Crippen LogP contribution is 2.36. The highest BCUT2D eigenvalue weighted by Gasteiger charge is 2.12. The maximum atomic E-state index is 12.9. The zero-order valence-corrected chi connectivity index (χ0v) is 9.37. The lowest BCUT2D eigenvalue weighted by atomic mass is 10.5. The first-order valence-corrected chi connectivity index (χ1v) is 5.28. The molecule has 0 aromatic carbocycles.